The third-order valence-corrected chi connectivity index (χ3v) is 2.86. The number of hydrogen-bond donors (Lipinski definition) is 2. The van der Waals surface area contributed by atoms with Crippen LogP contribution in [0.1, 0.15) is 29.7 Å². The molecule has 0 radical (unpaired) electrons. The van der Waals surface area contributed by atoms with Crippen LogP contribution in [0.2, 0.25) is 0 Å². The number of nitrogens with zero attached hydrogens (tertiary/aromatic N) is 2. The molecule has 0 saturated heterocycles. The van der Waals surface area contributed by atoms with Crippen LogP contribution in [0.15, 0.2) is 34.9 Å². The second kappa shape index (κ2) is 8.39. The van der Waals surface area contributed by atoms with E-state index in [1.807, 2.05) is 30.3 Å². The van der Waals surface area contributed by atoms with Crippen LogP contribution in [0.4, 0.5) is 0 Å². The van der Waals surface area contributed by atoms with Gasteiger partial charge < -0.3 is 15.6 Å². The highest BCUT2D eigenvalue weighted by molar-refractivity contribution is 5.85. The van der Waals surface area contributed by atoms with E-state index in [-0.39, 0.29) is 30.8 Å². The summed E-state index contributed by atoms with van der Waals surface area (Å²) in [6.45, 7) is 2.21. The molecule has 2 aromatic rings. The summed E-state index contributed by atoms with van der Waals surface area (Å²) in [6, 6.07) is 9.28. The molecule has 21 heavy (non-hydrogen) atoms. The van der Waals surface area contributed by atoms with Crippen molar-refractivity contribution in [1.82, 2.24) is 15.5 Å². The highest BCUT2D eigenvalue weighted by Gasteiger charge is 2.11. The standard InChI is InChI=1S/C14H18N4O2.ClH/c1-10-17-14(20-18-10)7-8-16-13(19)9-12(15)11-5-3-2-4-6-11;/h2-6,12H,7-9,15H2,1H3,(H,16,19);1H. The zero-order valence-corrected chi connectivity index (χ0v) is 12.6. The molecule has 6 nitrogen and oxygen atoms in total. The van der Waals surface area contributed by atoms with E-state index in [0.717, 1.165) is 5.56 Å². The van der Waals surface area contributed by atoms with E-state index >= 15 is 0 Å². The summed E-state index contributed by atoms with van der Waals surface area (Å²) < 4.78 is 4.96. The lowest BCUT2D eigenvalue weighted by Crippen LogP contribution is -2.29. The zero-order valence-electron chi connectivity index (χ0n) is 11.8. The first-order valence-electron chi connectivity index (χ1n) is 6.51. The van der Waals surface area contributed by atoms with Gasteiger partial charge in [-0.2, -0.15) is 4.98 Å². The molecule has 1 atom stereocenters. The van der Waals surface area contributed by atoms with Crippen LogP contribution in [0, 0.1) is 6.92 Å². The molecule has 1 aromatic carbocycles. The third kappa shape index (κ3) is 5.53. The fourth-order valence-corrected chi connectivity index (χ4v) is 1.84. The number of carbonyl (C=O) groups is 1. The first kappa shape index (κ1) is 17.1. The van der Waals surface area contributed by atoms with Crippen molar-refractivity contribution in [2.45, 2.75) is 25.8 Å². The van der Waals surface area contributed by atoms with Crippen molar-refractivity contribution in [2.75, 3.05) is 6.54 Å². The van der Waals surface area contributed by atoms with Gasteiger partial charge in [0.2, 0.25) is 11.8 Å². The summed E-state index contributed by atoms with van der Waals surface area (Å²) in [5, 5.41) is 6.48. The molecule has 0 fully saturated rings. The van der Waals surface area contributed by atoms with Crippen molar-refractivity contribution >= 4 is 18.3 Å². The Hall–Kier alpha value is -1.92. The Balaban J connectivity index is 0.00000220. The Morgan fingerprint density at radius 3 is 2.71 bits per heavy atom. The molecule has 0 aliphatic carbocycles. The number of nitrogens with two attached hydrogens (primary N) is 1. The fraction of sp³-hybridized carbons (Fsp3) is 0.357. The Kier molecular flexibility index (Phi) is 6.84. The average Bonchev–Trinajstić information content (AvgIpc) is 2.85. The molecule has 0 aliphatic heterocycles. The van der Waals surface area contributed by atoms with Crippen LogP contribution >= 0.6 is 12.4 Å². The Morgan fingerprint density at radius 1 is 1.38 bits per heavy atom. The van der Waals surface area contributed by atoms with Gasteiger partial charge in [-0.25, -0.2) is 0 Å². The summed E-state index contributed by atoms with van der Waals surface area (Å²) in [5.74, 6) is 1.03. The molecular weight excluding hydrogens is 292 g/mol. The topological polar surface area (TPSA) is 94.0 Å². The molecule has 114 valence electrons. The largest absolute Gasteiger partial charge is 0.356 e. The van der Waals surface area contributed by atoms with Gasteiger partial charge in [0, 0.05) is 25.4 Å². The lowest BCUT2D eigenvalue weighted by atomic mass is 10.0. The predicted molar refractivity (Wildman–Crippen MR) is 81.0 cm³/mol. The number of hydrogen-bond acceptors (Lipinski definition) is 5. The Labute approximate surface area is 129 Å². The molecule has 3 N–H and O–H groups in total. The smallest absolute Gasteiger partial charge is 0.228 e. The predicted octanol–water partition coefficient (Wildman–Crippen LogP) is 1.55. The van der Waals surface area contributed by atoms with Crippen LogP contribution in [0.25, 0.3) is 0 Å². The van der Waals surface area contributed by atoms with Gasteiger partial charge in [-0.3, -0.25) is 4.79 Å². The van der Waals surface area contributed by atoms with Gasteiger partial charge in [0.25, 0.3) is 0 Å². The molecule has 1 amide bonds. The van der Waals surface area contributed by atoms with E-state index in [1.165, 1.54) is 0 Å². The number of aromatic nitrogens is 2. The first-order chi connectivity index (χ1) is 9.65. The Bertz CT molecular complexity index is 559. The quantitative estimate of drug-likeness (QED) is 0.844. The summed E-state index contributed by atoms with van der Waals surface area (Å²) in [4.78, 5) is 15.8. The van der Waals surface area contributed by atoms with E-state index in [4.69, 9.17) is 10.3 Å². The van der Waals surface area contributed by atoms with Gasteiger partial charge in [0.15, 0.2) is 5.82 Å². The molecule has 0 aliphatic rings. The summed E-state index contributed by atoms with van der Waals surface area (Å²) in [7, 11) is 0. The van der Waals surface area contributed by atoms with Gasteiger partial charge in [-0.1, -0.05) is 35.5 Å². The molecule has 1 aromatic heterocycles. The van der Waals surface area contributed by atoms with Crippen molar-refractivity contribution in [3.8, 4) is 0 Å². The SMILES string of the molecule is Cc1noc(CCNC(=O)CC(N)c2ccccc2)n1.Cl. The maximum atomic E-state index is 11.8. The van der Waals surface area contributed by atoms with Gasteiger partial charge in [-0.15, -0.1) is 12.4 Å². The molecular formula is C14H19ClN4O2. The minimum atomic E-state index is -0.290. The number of carbonyl (C=O) groups excluding carboxylic acids is 1. The number of aryl methyl sites for hydroxylation is 1. The number of nitrogens with one attached hydrogen (secondary N) is 1. The fourth-order valence-electron chi connectivity index (χ4n) is 1.84. The normalized spacial score (nSPS) is 11.5. The van der Waals surface area contributed by atoms with Crippen molar-refractivity contribution in [2.24, 2.45) is 5.73 Å². The van der Waals surface area contributed by atoms with Crippen molar-refractivity contribution in [1.29, 1.82) is 0 Å². The van der Waals surface area contributed by atoms with Gasteiger partial charge in [-0.05, 0) is 12.5 Å². The summed E-state index contributed by atoms with van der Waals surface area (Å²) in [5.41, 5.74) is 6.93. The molecule has 1 heterocycles. The molecule has 1 unspecified atom stereocenters. The minimum Gasteiger partial charge on any atom is -0.356 e. The van der Waals surface area contributed by atoms with Gasteiger partial charge in [0.1, 0.15) is 0 Å². The second-order valence-corrected chi connectivity index (χ2v) is 4.56. The first-order valence-corrected chi connectivity index (χ1v) is 6.51. The maximum absolute atomic E-state index is 11.8. The summed E-state index contributed by atoms with van der Waals surface area (Å²) in [6.07, 6.45) is 0.778. The van der Waals surface area contributed by atoms with E-state index in [0.29, 0.717) is 24.7 Å². The highest BCUT2D eigenvalue weighted by Crippen LogP contribution is 2.12. The van der Waals surface area contributed by atoms with Crippen LogP contribution < -0.4 is 11.1 Å². The number of rotatable bonds is 6. The van der Waals surface area contributed by atoms with E-state index in [9.17, 15) is 4.79 Å². The zero-order chi connectivity index (χ0) is 14.4. The van der Waals surface area contributed by atoms with Gasteiger partial charge >= 0.3 is 0 Å². The van der Waals surface area contributed by atoms with Crippen molar-refractivity contribution in [3.63, 3.8) is 0 Å². The van der Waals surface area contributed by atoms with Crippen LogP contribution in [0.3, 0.4) is 0 Å². The van der Waals surface area contributed by atoms with Crippen LogP contribution in [-0.4, -0.2) is 22.6 Å². The second-order valence-electron chi connectivity index (χ2n) is 4.56. The number of halogens is 1. The minimum absolute atomic E-state index is 0. The van der Waals surface area contributed by atoms with Gasteiger partial charge in [0.05, 0.1) is 0 Å². The number of benzene rings is 1. The average molecular weight is 311 g/mol. The maximum Gasteiger partial charge on any atom is 0.228 e. The van der Waals surface area contributed by atoms with Crippen molar-refractivity contribution in [3.05, 3.63) is 47.6 Å². The lowest BCUT2D eigenvalue weighted by molar-refractivity contribution is -0.121. The highest BCUT2D eigenvalue weighted by atomic mass is 35.5. The molecule has 7 heteroatoms. The third-order valence-electron chi connectivity index (χ3n) is 2.86. The van der Waals surface area contributed by atoms with E-state index in [2.05, 4.69) is 15.5 Å². The monoisotopic (exact) mass is 310 g/mol. The Morgan fingerprint density at radius 2 is 2.10 bits per heavy atom. The van der Waals surface area contributed by atoms with Crippen LogP contribution in [-0.2, 0) is 11.2 Å². The number of amides is 1. The lowest BCUT2D eigenvalue weighted by Gasteiger charge is -2.11. The molecule has 0 spiro atoms. The molecule has 2 rings (SSSR count). The molecule has 0 saturated carbocycles. The van der Waals surface area contributed by atoms with Crippen molar-refractivity contribution < 1.29 is 9.32 Å². The van der Waals surface area contributed by atoms with Crippen LogP contribution in [0.5, 0.6) is 0 Å². The van der Waals surface area contributed by atoms with E-state index in [1.54, 1.807) is 6.92 Å². The van der Waals surface area contributed by atoms with E-state index < -0.39 is 0 Å². The molecule has 0 bridgehead atoms. The summed E-state index contributed by atoms with van der Waals surface area (Å²) >= 11 is 0.